The van der Waals surface area contributed by atoms with E-state index >= 15 is 4.39 Å². The first-order valence-corrected chi connectivity index (χ1v) is 12.5. The number of hydrogen-bond acceptors (Lipinski definition) is 8. The highest BCUT2D eigenvalue weighted by Crippen LogP contribution is 2.34. The first kappa shape index (κ1) is 23.3. The smallest absolute Gasteiger partial charge is 0.161 e. The van der Waals surface area contributed by atoms with Crippen molar-refractivity contribution in [3.8, 4) is 22.8 Å². The number of nitrogens with one attached hydrogen (secondary N) is 3. The summed E-state index contributed by atoms with van der Waals surface area (Å²) in [5.41, 5.74) is 4.56. The maximum Gasteiger partial charge on any atom is 0.161 e. The van der Waals surface area contributed by atoms with Gasteiger partial charge < -0.3 is 20.3 Å². The van der Waals surface area contributed by atoms with Crippen molar-refractivity contribution in [1.82, 2.24) is 35.1 Å². The normalized spacial score (nSPS) is 15.1. The maximum atomic E-state index is 16.0. The molecule has 1 aliphatic heterocycles. The molecule has 190 valence electrons. The van der Waals surface area contributed by atoms with Gasteiger partial charge >= 0.3 is 0 Å². The van der Waals surface area contributed by atoms with E-state index in [1.165, 1.54) is 6.42 Å². The minimum Gasteiger partial charge on any atom is -0.374 e. The molecule has 0 amide bonds. The van der Waals surface area contributed by atoms with Crippen molar-refractivity contribution in [2.75, 3.05) is 23.3 Å². The van der Waals surface area contributed by atoms with E-state index in [1.54, 1.807) is 30.9 Å². The molecule has 0 bridgehead atoms. The summed E-state index contributed by atoms with van der Waals surface area (Å²) in [6.45, 7) is 5.73. The largest absolute Gasteiger partial charge is 0.374 e. The van der Waals surface area contributed by atoms with Crippen LogP contribution in [0.1, 0.15) is 33.1 Å². The number of aromatic amines is 2. The zero-order valence-electron chi connectivity index (χ0n) is 20.7. The van der Waals surface area contributed by atoms with Gasteiger partial charge in [-0.2, -0.15) is 5.10 Å². The number of fused-ring (bicyclic) bond motifs is 2. The molecule has 11 heteroatoms. The molecule has 5 aromatic heterocycles. The molecule has 0 aromatic carbocycles. The Labute approximate surface area is 212 Å². The summed E-state index contributed by atoms with van der Waals surface area (Å²) in [6, 6.07) is 1.72. The molecular formula is C26H28FN9O. The van der Waals surface area contributed by atoms with Gasteiger partial charge in [0.25, 0.3) is 0 Å². The quantitative estimate of drug-likeness (QED) is 0.251. The Morgan fingerprint density at radius 3 is 2.62 bits per heavy atom. The Hall–Kier alpha value is -4.12. The Morgan fingerprint density at radius 2 is 1.81 bits per heavy atom. The first-order valence-electron chi connectivity index (χ1n) is 12.5. The van der Waals surface area contributed by atoms with Gasteiger partial charge in [0.15, 0.2) is 11.6 Å². The fourth-order valence-corrected chi connectivity index (χ4v) is 4.73. The molecule has 0 spiro atoms. The summed E-state index contributed by atoms with van der Waals surface area (Å²) < 4.78 is 16.0. The van der Waals surface area contributed by atoms with Crippen LogP contribution in [0.15, 0.2) is 37.1 Å². The molecule has 10 nitrogen and oxygen atoms in total. The lowest BCUT2D eigenvalue weighted by Gasteiger charge is -2.28. The minimum atomic E-state index is -0.754. The van der Waals surface area contributed by atoms with Crippen molar-refractivity contribution in [1.29, 1.82) is 0 Å². The van der Waals surface area contributed by atoms with Gasteiger partial charge in [-0.05, 0) is 31.2 Å². The number of halogens is 1. The molecule has 6 heterocycles. The van der Waals surface area contributed by atoms with Crippen LogP contribution in [0.2, 0.25) is 0 Å². The van der Waals surface area contributed by atoms with Crippen molar-refractivity contribution < 1.29 is 9.50 Å². The topological polar surface area (TPSA) is 132 Å². The Bertz CT molecular complexity index is 1570. The van der Waals surface area contributed by atoms with E-state index in [0.717, 1.165) is 42.7 Å². The fourth-order valence-electron chi connectivity index (χ4n) is 4.73. The molecule has 6 rings (SSSR count). The van der Waals surface area contributed by atoms with Crippen LogP contribution in [0.4, 0.5) is 15.8 Å². The number of piperidine rings is 1. The molecule has 1 aliphatic rings. The highest BCUT2D eigenvalue weighted by Gasteiger charge is 2.23. The summed E-state index contributed by atoms with van der Waals surface area (Å²) in [5.74, 6) is -0.0746. The van der Waals surface area contributed by atoms with Crippen LogP contribution < -0.4 is 10.2 Å². The van der Waals surface area contributed by atoms with Crippen molar-refractivity contribution in [2.45, 2.75) is 39.3 Å². The van der Waals surface area contributed by atoms with E-state index in [4.69, 9.17) is 4.98 Å². The number of anilines is 2. The standard InChI is InChI=1S/C26H28FN9O/c1-14(2)26(37)31-16-8-15(9-28-10-16)22-21(27)20-17(12-30-22)34-35-24(20)25-32-18-11-29-13-19(23(18)33-25)36-6-4-3-5-7-36/h8-14,26,31,37H,3-7H2,1-2H3,(H,32,33)(H,34,35). The summed E-state index contributed by atoms with van der Waals surface area (Å²) >= 11 is 0. The van der Waals surface area contributed by atoms with Gasteiger partial charge in [0.1, 0.15) is 23.1 Å². The number of aliphatic hydroxyl groups is 1. The van der Waals surface area contributed by atoms with Crippen LogP contribution in [0.3, 0.4) is 0 Å². The van der Waals surface area contributed by atoms with Gasteiger partial charge in [0.2, 0.25) is 0 Å². The second-order valence-electron chi connectivity index (χ2n) is 9.77. The SMILES string of the molecule is CC(C)C(O)Nc1cncc(-c2ncc3[nH]nc(-c4nc5c(N6CCCCC6)cncc5[nH]4)c3c2F)c1. The van der Waals surface area contributed by atoms with Gasteiger partial charge in [0.05, 0.1) is 52.6 Å². The van der Waals surface area contributed by atoms with Gasteiger partial charge in [-0.25, -0.2) is 9.37 Å². The lowest BCUT2D eigenvalue weighted by atomic mass is 10.1. The number of nitrogens with zero attached hydrogens (tertiary/aromatic N) is 6. The van der Waals surface area contributed by atoms with E-state index in [-0.39, 0.29) is 17.0 Å². The maximum absolute atomic E-state index is 16.0. The van der Waals surface area contributed by atoms with Gasteiger partial charge in [-0.3, -0.25) is 20.1 Å². The number of H-pyrrole nitrogens is 2. The van der Waals surface area contributed by atoms with E-state index < -0.39 is 12.0 Å². The van der Waals surface area contributed by atoms with Crippen molar-refractivity contribution >= 4 is 33.3 Å². The third kappa shape index (κ3) is 4.25. The predicted molar refractivity (Wildman–Crippen MR) is 140 cm³/mol. The second-order valence-corrected chi connectivity index (χ2v) is 9.77. The second kappa shape index (κ2) is 9.40. The van der Waals surface area contributed by atoms with Crippen LogP contribution in [0.5, 0.6) is 0 Å². The summed E-state index contributed by atoms with van der Waals surface area (Å²) in [6.07, 6.45) is 11.0. The first-order chi connectivity index (χ1) is 18.0. The van der Waals surface area contributed by atoms with E-state index in [2.05, 4.69) is 40.3 Å². The molecule has 1 atom stereocenters. The van der Waals surface area contributed by atoms with Crippen LogP contribution in [0, 0.1) is 11.7 Å². The van der Waals surface area contributed by atoms with Crippen molar-refractivity contribution in [3.63, 3.8) is 0 Å². The molecule has 0 aliphatic carbocycles. The fraction of sp³-hybridized carbons (Fsp3) is 0.346. The van der Waals surface area contributed by atoms with Crippen LogP contribution >= 0.6 is 0 Å². The molecular weight excluding hydrogens is 473 g/mol. The highest BCUT2D eigenvalue weighted by atomic mass is 19.1. The predicted octanol–water partition coefficient (Wildman–Crippen LogP) is 4.47. The molecule has 0 radical (unpaired) electrons. The molecule has 1 unspecified atom stereocenters. The minimum absolute atomic E-state index is 0.00204. The Kier molecular flexibility index (Phi) is 5.91. The van der Waals surface area contributed by atoms with Crippen LogP contribution in [0.25, 0.3) is 44.7 Å². The number of hydrogen-bond donors (Lipinski definition) is 4. The number of pyridine rings is 3. The van der Waals surface area contributed by atoms with Crippen molar-refractivity contribution in [2.24, 2.45) is 5.92 Å². The monoisotopic (exact) mass is 501 g/mol. The summed E-state index contributed by atoms with van der Waals surface area (Å²) in [7, 11) is 0. The van der Waals surface area contributed by atoms with Gasteiger partial charge in [0, 0.05) is 24.8 Å². The molecule has 4 N–H and O–H groups in total. The molecule has 37 heavy (non-hydrogen) atoms. The van der Waals surface area contributed by atoms with Gasteiger partial charge in [-0.15, -0.1) is 0 Å². The van der Waals surface area contributed by atoms with E-state index in [9.17, 15) is 5.11 Å². The zero-order chi connectivity index (χ0) is 25.5. The van der Waals surface area contributed by atoms with Crippen LogP contribution in [-0.4, -0.2) is 59.5 Å². The number of aromatic nitrogens is 7. The molecule has 1 saturated heterocycles. The molecule has 0 saturated carbocycles. The van der Waals surface area contributed by atoms with E-state index in [0.29, 0.717) is 28.3 Å². The van der Waals surface area contributed by atoms with Crippen LogP contribution in [-0.2, 0) is 0 Å². The lowest BCUT2D eigenvalue weighted by Crippen LogP contribution is -2.29. The number of rotatable bonds is 6. The Balaban J connectivity index is 1.41. The lowest BCUT2D eigenvalue weighted by molar-refractivity contribution is 0.153. The highest BCUT2D eigenvalue weighted by molar-refractivity contribution is 5.97. The Morgan fingerprint density at radius 1 is 1.00 bits per heavy atom. The summed E-state index contributed by atoms with van der Waals surface area (Å²) in [4.78, 5) is 23.4. The molecule has 5 aromatic rings. The van der Waals surface area contributed by atoms with Crippen molar-refractivity contribution in [3.05, 3.63) is 42.9 Å². The van der Waals surface area contributed by atoms with E-state index in [1.807, 2.05) is 20.0 Å². The summed E-state index contributed by atoms with van der Waals surface area (Å²) in [5, 5.41) is 20.7. The number of aliphatic hydroxyl groups excluding tert-OH is 1. The third-order valence-corrected chi connectivity index (χ3v) is 6.80. The third-order valence-electron chi connectivity index (χ3n) is 6.80. The van der Waals surface area contributed by atoms with Gasteiger partial charge in [-0.1, -0.05) is 13.8 Å². The molecule has 1 fully saturated rings. The average molecular weight is 502 g/mol. The number of imidazole rings is 1. The zero-order valence-corrected chi connectivity index (χ0v) is 20.7. The average Bonchev–Trinajstić information content (AvgIpc) is 3.54.